The molecule has 19 heavy (non-hydrogen) atoms. The summed E-state index contributed by atoms with van der Waals surface area (Å²) in [4.78, 5) is 15.5. The maximum Gasteiger partial charge on any atom is 0.305 e. The fourth-order valence-electron chi connectivity index (χ4n) is 2.12. The van der Waals surface area contributed by atoms with Crippen LogP contribution in [0, 0.1) is 6.92 Å². The van der Waals surface area contributed by atoms with E-state index in [0.29, 0.717) is 18.7 Å². The number of carbonyl (C=O) groups excluding carboxylic acids is 1. The van der Waals surface area contributed by atoms with Crippen LogP contribution in [0.15, 0.2) is 22.6 Å². The van der Waals surface area contributed by atoms with E-state index in [1.165, 1.54) is 7.11 Å². The number of fused-ring (bicyclic) bond motifs is 1. The van der Waals surface area contributed by atoms with Crippen molar-refractivity contribution in [1.29, 1.82) is 0 Å². The molecule has 5 heteroatoms. The maximum absolute atomic E-state index is 11.2. The number of esters is 1. The number of methoxy groups -OCH3 is 1. The lowest BCUT2D eigenvalue weighted by atomic mass is 10.0. The monoisotopic (exact) mass is 262 g/mol. The predicted octanol–water partition coefficient (Wildman–Crippen LogP) is 2.35. The van der Waals surface area contributed by atoms with Gasteiger partial charge in [0.25, 0.3) is 0 Å². The third-order valence-electron chi connectivity index (χ3n) is 3.13. The van der Waals surface area contributed by atoms with Crippen molar-refractivity contribution in [3.63, 3.8) is 0 Å². The fourth-order valence-corrected chi connectivity index (χ4v) is 2.12. The van der Waals surface area contributed by atoms with Crippen LogP contribution in [0.3, 0.4) is 0 Å². The number of nitrogens with one attached hydrogen (secondary N) is 1. The van der Waals surface area contributed by atoms with E-state index in [-0.39, 0.29) is 12.0 Å². The van der Waals surface area contributed by atoms with E-state index in [2.05, 4.69) is 15.0 Å². The molecule has 5 nitrogen and oxygen atoms in total. The van der Waals surface area contributed by atoms with Gasteiger partial charge >= 0.3 is 5.97 Å². The molecule has 1 heterocycles. The molecule has 1 atom stereocenters. The molecule has 1 aromatic heterocycles. The van der Waals surface area contributed by atoms with E-state index in [1.807, 2.05) is 32.2 Å². The summed E-state index contributed by atoms with van der Waals surface area (Å²) >= 11 is 0. The molecule has 1 aromatic carbocycles. The second kappa shape index (κ2) is 5.84. The average molecular weight is 262 g/mol. The largest absolute Gasteiger partial charge is 0.469 e. The number of hydrogen-bond acceptors (Lipinski definition) is 5. The van der Waals surface area contributed by atoms with Gasteiger partial charge < -0.3 is 14.5 Å². The van der Waals surface area contributed by atoms with Crippen molar-refractivity contribution in [2.75, 3.05) is 14.2 Å². The minimum absolute atomic E-state index is 0.0977. The van der Waals surface area contributed by atoms with E-state index >= 15 is 0 Å². The fraction of sp³-hybridized carbons (Fsp3) is 0.429. The first kappa shape index (κ1) is 13.5. The smallest absolute Gasteiger partial charge is 0.305 e. The van der Waals surface area contributed by atoms with Crippen molar-refractivity contribution in [3.8, 4) is 0 Å². The highest BCUT2D eigenvalue weighted by Gasteiger charge is 2.13. The van der Waals surface area contributed by atoms with Gasteiger partial charge in [0.05, 0.1) is 7.11 Å². The van der Waals surface area contributed by atoms with Gasteiger partial charge in [0.15, 0.2) is 11.5 Å². The number of aryl methyl sites for hydroxylation is 1. The van der Waals surface area contributed by atoms with Gasteiger partial charge in [0.2, 0.25) is 0 Å². The highest BCUT2D eigenvalue weighted by atomic mass is 16.5. The summed E-state index contributed by atoms with van der Waals surface area (Å²) in [6, 6.07) is 5.99. The number of benzene rings is 1. The Labute approximate surface area is 112 Å². The van der Waals surface area contributed by atoms with Crippen molar-refractivity contribution < 1.29 is 13.9 Å². The Morgan fingerprint density at radius 3 is 3.00 bits per heavy atom. The predicted molar refractivity (Wildman–Crippen MR) is 71.8 cm³/mol. The van der Waals surface area contributed by atoms with Crippen LogP contribution in [0.4, 0.5) is 0 Å². The zero-order chi connectivity index (χ0) is 13.8. The number of rotatable bonds is 5. The second-order valence-corrected chi connectivity index (χ2v) is 4.42. The van der Waals surface area contributed by atoms with Crippen LogP contribution >= 0.6 is 0 Å². The summed E-state index contributed by atoms with van der Waals surface area (Å²) in [5.41, 5.74) is 2.71. The lowest BCUT2D eigenvalue weighted by molar-refractivity contribution is -0.140. The number of oxazole rings is 1. The van der Waals surface area contributed by atoms with Crippen LogP contribution < -0.4 is 5.32 Å². The number of aromatic nitrogens is 1. The molecule has 0 aliphatic rings. The lowest BCUT2D eigenvalue weighted by Crippen LogP contribution is -2.17. The highest BCUT2D eigenvalue weighted by molar-refractivity contribution is 5.73. The van der Waals surface area contributed by atoms with Crippen LogP contribution in [-0.4, -0.2) is 25.1 Å². The van der Waals surface area contributed by atoms with Crippen molar-refractivity contribution in [2.24, 2.45) is 0 Å². The minimum atomic E-state index is -0.196. The highest BCUT2D eigenvalue weighted by Crippen LogP contribution is 2.23. The van der Waals surface area contributed by atoms with Crippen molar-refractivity contribution >= 4 is 17.1 Å². The average Bonchev–Trinajstić information content (AvgIpc) is 2.78. The first-order valence-corrected chi connectivity index (χ1v) is 6.25. The van der Waals surface area contributed by atoms with Gasteiger partial charge in [-0.05, 0) is 31.2 Å². The summed E-state index contributed by atoms with van der Waals surface area (Å²) in [7, 11) is 3.28. The molecule has 2 rings (SSSR count). The number of nitrogens with zero attached hydrogens (tertiary/aromatic N) is 1. The van der Waals surface area contributed by atoms with E-state index in [9.17, 15) is 4.79 Å². The Balaban J connectivity index is 2.17. The normalized spacial score (nSPS) is 12.6. The van der Waals surface area contributed by atoms with Crippen molar-refractivity contribution in [2.45, 2.75) is 25.8 Å². The van der Waals surface area contributed by atoms with Gasteiger partial charge in [0.1, 0.15) is 5.52 Å². The molecule has 2 aromatic rings. The molecule has 0 aliphatic heterocycles. The SMILES string of the molecule is CNC(CCC(=O)OC)c1ccc2oc(C)nc2c1. The van der Waals surface area contributed by atoms with E-state index < -0.39 is 0 Å². The molecule has 0 saturated carbocycles. The summed E-state index contributed by atoms with van der Waals surface area (Å²) in [5, 5.41) is 3.20. The third-order valence-corrected chi connectivity index (χ3v) is 3.13. The lowest BCUT2D eigenvalue weighted by Gasteiger charge is -2.15. The molecule has 1 N–H and O–H groups in total. The van der Waals surface area contributed by atoms with Crippen LogP contribution in [-0.2, 0) is 9.53 Å². The van der Waals surface area contributed by atoms with Gasteiger partial charge in [-0.1, -0.05) is 6.07 Å². The summed E-state index contributed by atoms with van der Waals surface area (Å²) in [6.07, 6.45) is 1.07. The molecule has 102 valence electrons. The van der Waals surface area contributed by atoms with Crippen LogP contribution in [0.25, 0.3) is 11.1 Å². The number of ether oxygens (including phenoxy) is 1. The first-order chi connectivity index (χ1) is 9.13. The summed E-state index contributed by atoms with van der Waals surface area (Å²) < 4.78 is 10.1. The zero-order valence-corrected chi connectivity index (χ0v) is 11.4. The van der Waals surface area contributed by atoms with Gasteiger partial charge in [-0.25, -0.2) is 4.98 Å². The Bertz CT molecular complexity index is 577. The minimum Gasteiger partial charge on any atom is -0.469 e. The molecular weight excluding hydrogens is 244 g/mol. The third kappa shape index (κ3) is 3.12. The van der Waals surface area contributed by atoms with Gasteiger partial charge in [-0.2, -0.15) is 0 Å². The zero-order valence-electron chi connectivity index (χ0n) is 11.4. The Kier molecular flexibility index (Phi) is 4.16. The van der Waals surface area contributed by atoms with Gasteiger partial charge in [-0.15, -0.1) is 0 Å². The first-order valence-electron chi connectivity index (χ1n) is 6.25. The van der Waals surface area contributed by atoms with Crippen LogP contribution in [0.1, 0.15) is 30.3 Å². The number of hydrogen-bond donors (Lipinski definition) is 1. The summed E-state index contributed by atoms with van der Waals surface area (Å²) in [5.74, 6) is 0.460. The molecule has 0 bridgehead atoms. The standard InChI is InChI=1S/C14H18N2O3/c1-9-16-12-8-10(4-6-13(12)19-9)11(15-2)5-7-14(17)18-3/h4,6,8,11,15H,5,7H2,1-3H3. The molecule has 0 radical (unpaired) electrons. The molecule has 0 amide bonds. The van der Waals surface area contributed by atoms with Gasteiger partial charge in [-0.3, -0.25) is 4.79 Å². The Morgan fingerprint density at radius 2 is 2.32 bits per heavy atom. The Hall–Kier alpha value is -1.88. The topological polar surface area (TPSA) is 64.4 Å². The molecular formula is C14H18N2O3. The molecule has 0 fully saturated rings. The van der Waals surface area contributed by atoms with Crippen LogP contribution in [0.5, 0.6) is 0 Å². The maximum atomic E-state index is 11.2. The number of carbonyl (C=O) groups is 1. The summed E-state index contributed by atoms with van der Waals surface area (Å²) in [6.45, 7) is 1.83. The van der Waals surface area contributed by atoms with E-state index in [1.54, 1.807) is 0 Å². The Morgan fingerprint density at radius 1 is 1.53 bits per heavy atom. The molecule has 0 aliphatic carbocycles. The van der Waals surface area contributed by atoms with Gasteiger partial charge in [0, 0.05) is 19.4 Å². The van der Waals surface area contributed by atoms with Crippen molar-refractivity contribution in [3.05, 3.63) is 29.7 Å². The van der Waals surface area contributed by atoms with Crippen LogP contribution in [0.2, 0.25) is 0 Å². The van der Waals surface area contributed by atoms with E-state index in [0.717, 1.165) is 16.7 Å². The molecule has 1 unspecified atom stereocenters. The quantitative estimate of drug-likeness (QED) is 0.838. The molecule has 0 spiro atoms. The van der Waals surface area contributed by atoms with Crippen molar-refractivity contribution in [1.82, 2.24) is 10.3 Å². The molecule has 0 saturated heterocycles. The van der Waals surface area contributed by atoms with E-state index in [4.69, 9.17) is 4.42 Å². The second-order valence-electron chi connectivity index (χ2n) is 4.42.